The summed E-state index contributed by atoms with van der Waals surface area (Å²) in [6.45, 7) is 0.503. The summed E-state index contributed by atoms with van der Waals surface area (Å²) in [7, 11) is 0. The third-order valence-corrected chi connectivity index (χ3v) is 24.5. The van der Waals surface area contributed by atoms with Crippen molar-refractivity contribution in [3.8, 4) is 28.7 Å². The summed E-state index contributed by atoms with van der Waals surface area (Å²) < 4.78 is 44.9. The first-order valence-electron chi connectivity index (χ1n) is 46.3. The molecule has 4 heterocycles. The smallest absolute Gasteiger partial charge is 0.243 e. The molecule has 4 aliphatic rings. The number of hydrogen-bond acceptors (Lipinski definition) is 36. The maximum absolute atomic E-state index is 15.5. The molecule has 5 aromatic carbocycles. The molecule has 4 saturated heterocycles. The van der Waals surface area contributed by atoms with Crippen LogP contribution in [0.4, 0.5) is 28.4 Å². The number of hydrogen-bond donors (Lipinski definition) is 32. The fourth-order valence-electron chi connectivity index (χ4n) is 15.0. The lowest BCUT2D eigenvalue weighted by Crippen LogP contribution is -2.60. The molecule has 4 aliphatic heterocycles. The molecule has 0 bridgehead atoms. The molecule has 0 radical (unpaired) electrons. The van der Waals surface area contributed by atoms with Crippen molar-refractivity contribution in [2.24, 2.45) is 0 Å². The molecule has 32 N–H and O–H groups in total. The maximum atomic E-state index is 15.5. The van der Waals surface area contributed by atoms with Crippen molar-refractivity contribution in [1.82, 2.24) is 53.2 Å². The summed E-state index contributed by atoms with van der Waals surface area (Å²) in [5.41, 5.74) is 2.45. The number of ether oxygens (including phenoxy) is 8. The Balaban J connectivity index is 0.920. The van der Waals surface area contributed by atoms with Crippen molar-refractivity contribution in [1.29, 1.82) is 0 Å². The second-order valence-electron chi connectivity index (χ2n) is 34.0. The summed E-state index contributed by atoms with van der Waals surface area (Å²) in [5.74, 6) is -2.32. The number of rotatable bonds is 52. The topological polar surface area (TPSA) is 684 Å². The lowest BCUT2D eigenvalue weighted by molar-refractivity contribution is -0.277. The molecule has 784 valence electrons. The van der Waals surface area contributed by atoms with Crippen LogP contribution in [-0.2, 0) is 42.9 Å². The van der Waals surface area contributed by atoms with Crippen molar-refractivity contribution in [2.45, 2.75) is 256 Å². The summed E-state index contributed by atoms with van der Waals surface area (Å²) in [6, 6.07) is 24.5. The normalized spacial score (nSPS) is 25.1. The van der Waals surface area contributed by atoms with Crippen LogP contribution in [0.5, 0.6) is 28.7 Å². The number of aromatic hydroxyl groups is 1. The monoisotopic (exact) mass is 2100 g/mol. The molecule has 0 aliphatic carbocycles. The number of carbonyl (C=O) groups is 5. The number of aliphatic hydroxyl groups is 16. The average molecular weight is 2110 g/mol. The molecule has 0 spiro atoms. The van der Waals surface area contributed by atoms with Crippen LogP contribution in [0.2, 0.25) is 0 Å². The third-order valence-electron chi connectivity index (χ3n) is 23.1. The van der Waals surface area contributed by atoms with Gasteiger partial charge in [0, 0.05) is 61.2 Å². The predicted octanol–water partition coefficient (Wildman–Crippen LogP) is -2.37. The van der Waals surface area contributed by atoms with E-state index in [4.69, 9.17) is 111 Å². The number of thiocarbonyl (C=S) groups is 6. The van der Waals surface area contributed by atoms with Crippen LogP contribution >= 0.6 is 73.3 Å². The Labute approximate surface area is 851 Å². The first-order valence-corrected chi connectivity index (χ1v) is 48.8. The van der Waals surface area contributed by atoms with Gasteiger partial charge in [0.05, 0.1) is 37.5 Å². The van der Waals surface area contributed by atoms with Gasteiger partial charge < -0.3 is 209 Å². The van der Waals surface area contributed by atoms with E-state index in [0.29, 0.717) is 97.7 Å². The largest absolute Gasteiger partial charge is 0.508 e. The van der Waals surface area contributed by atoms with Gasteiger partial charge in [0.2, 0.25) is 48.8 Å². The van der Waals surface area contributed by atoms with Crippen LogP contribution in [0.15, 0.2) is 121 Å². The lowest BCUT2D eigenvalue weighted by Gasteiger charge is -2.39. The SMILES string of the molecule is CC(=S)NCCCC[C@H](NC(=S)Nc1ccc(O[C@H]2OC(CO)[C@@H](O)C(O)C2O)cc1)C(=O)N[C@@H](CCCCNC(=S)Nc1ccc(O[C@H]2OC(CO)[C@@H](O)C(O)C2O)cc1)C(=O)N[C@@H](CCCCNC(=S)Nc1ccc(O)cc1)C(=O)N[C@@H](CCCCNC(=S)Nc1ccc(O[C@H]2OC(CO)[C@@H](O)C(O)C2O)cc1)C(=O)N[C@H](C=O)CCCCNC(=S)Nc1ccc(O[C@H]2OC(CO)[C@@H](O)C(O)C2O)cc1. The van der Waals surface area contributed by atoms with Gasteiger partial charge in [-0.05, 0) is 286 Å². The van der Waals surface area contributed by atoms with Gasteiger partial charge in [-0.1, -0.05) is 12.2 Å². The number of anilines is 5. The molecule has 5 aromatic rings. The standard InChI is InChI=1S/C91H129N15O30S6/c1-47(137)92-37-8-3-16-62(106-91(142)102-52-25-35-58(36-26-52)132-86-78(124)74(120)70(116)66(46-111)136-86)82(128)105-61(15-6-11-41-96-90(141)101-51-23-33-57(34-24-51)131-85-77(123)73(119)69(115)65(45-110)135-85)81(127)104-60(14-5-10-40-94-87(138)98-48-17-27-54(112)28-18-48)80(126)103-59(13-4-9-39-95-89(140)100-50-21-31-56(32-22-50)130-84-76(122)72(118)68(114)64(44-109)134-84)79(125)97-53(42-107)12-2-7-38-93-88(139)99-49-19-29-55(30-20-49)129-83-75(121)71(117)67(113)63(43-108)133-83/h17-36,42,53,59-78,83-86,108-124H,2-16,37-41,43-46H2,1H3,(H,92,137)(H,97,125)(H,103,126)(H,104,127)(H,105,128)(H2,93,99,139)(H2,94,98,138)(H2,95,100,140)(H2,96,101,141)(H2,102,106,142)/t53-,59-,60-,61-,62-,63?,64?,65?,66?,67+,68+,69+,70+,71?,72?,73?,74?,75?,76?,77?,78?,83-,84-,85-,86-/m0/s1. The molecule has 25 atom stereocenters. The van der Waals surface area contributed by atoms with E-state index < -0.39 is 203 Å². The van der Waals surface area contributed by atoms with Gasteiger partial charge in [-0.25, -0.2) is 0 Å². The molecule has 4 fully saturated rings. The van der Waals surface area contributed by atoms with Crippen molar-refractivity contribution in [2.75, 3.05) is 85.7 Å². The van der Waals surface area contributed by atoms with Gasteiger partial charge in [-0.3, -0.25) is 19.2 Å². The van der Waals surface area contributed by atoms with Gasteiger partial charge >= 0.3 is 0 Å². The first-order chi connectivity index (χ1) is 68.0. The highest BCUT2D eigenvalue weighted by molar-refractivity contribution is 7.81. The highest BCUT2D eigenvalue weighted by Gasteiger charge is 2.49. The van der Waals surface area contributed by atoms with Crippen molar-refractivity contribution < 1.29 is 149 Å². The van der Waals surface area contributed by atoms with Crippen molar-refractivity contribution in [3.63, 3.8) is 0 Å². The molecule has 4 amide bonds. The zero-order valence-electron chi connectivity index (χ0n) is 77.4. The lowest BCUT2D eigenvalue weighted by atomic mass is 9.99. The molecule has 9 rings (SSSR count). The number of aliphatic hydroxyl groups excluding tert-OH is 16. The first kappa shape index (κ1) is 116. The highest BCUT2D eigenvalue weighted by atomic mass is 32.1. The van der Waals surface area contributed by atoms with E-state index >= 15 is 14.4 Å². The molecular formula is C91H129N15O30S6. The van der Waals surface area contributed by atoms with Gasteiger partial charge in [-0.15, -0.1) is 0 Å². The zero-order chi connectivity index (χ0) is 103. The Morgan fingerprint density at radius 2 is 0.528 bits per heavy atom. The van der Waals surface area contributed by atoms with Crippen LogP contribution in [-0.4, -0.2) is 359 Å². The predicted molar refractivity (Wildman–Crippen MR) is 541 cm³/mol. The van der Waals surface area contributed by atoms with Crippen LogP contribution in [0.1, 0.15) is 103 Å². The Hall–Kier alpha value is -9.81. The Morgan fingerprint density at radius 3 is 0.775 bits per heavy atom. The number of unbranched alkanes of at least 4 members (excludes halogenated alkanes) is 5. The maximum Gasteiger partial charge on any atom is 0.243 e. The summed E-state index contributed by atoms with van der Waals surface area (Å²) in [4.78, 5) is 74.6. The third kappa shape index (κ3) is 37.0. The second kappa shape index (κ2) is 59.6. The van der Waals surface area contributed by atoms with E-state index in [0.717, 1.165) is 0 Å². The van der Waals surface area contributed by atoms with E-state index in [1.807, 2.05) is 0 Å². The Kier molecular flexibility index (Phi) is 48.6. The van der Waals surface area contributed by atoms with Gasteiger partial charge in [0.25, 0.3) is 0 Å². The molecule has 12 unspecified atom stereocenters. The Bertz CT molecular complexity index is 4800. The molecule has 142 heavy (non-hydrogen) atoms. The number of aldehydes is 1. The summed E-state index contributed by atoms with van der Waals surface area (Å²) in [5, 5.41) is 219. The molecule has 51 heteroatoms. The number of nitrogens with one attached hydrogen (secondary N) is 15. The van der Waals surface area contributed by atoms with Gasteiger partial charge in [-0.2, -0.15) is 0 Å². The highest BCUT2D eigenvalue weighted by Crippen LogP contribution is 2.32. The van der Waals surface area contributed by atoms with E-state index in [-0.39, 0.29) is 125 Å². The summed E-state index contributed by atoms with van der Waals surface area (Å²) >= 11 is 33.5. The fraction of sp³-hybridized carbons (Fsp3) is 0.549. The molecular weight excluding hydrogens is 1980 g/mol. The number of carbonyl (C=O) groups excluding carboxylic acids is 5. The van der Waals surface area contributed by atoms with Gasteiger partial charge in [0.15, 0.2) is 25.6 Å². The number of phenolic OH excluding ortho intramolecular Hbond substituents is 1. The minimum absolute atomic E-state index is 0.0345. The van der Waals surface area contributed by atoms with Crippen LogP contribution < -0.4 is 98.7 Å². The number of benzene rings is 5. The van der Waals surface area contributed by atoms with Gasteiger partial charge in [0.1, 0.15) is 157 Å². The average Bonchev–Trinajstić information content (AvgIpc) is 0.819. The zero-order valence-corrected chi connectivity index (χ0v) is 82.3. The van der Waals surface area contributed by atoms with E-state index in [9.17, 15) is 96.4 Å². The van der Waals surface area contributed by atoms with E-state index in [2.05, 4.69) is 79.8 Å². The minimum Gasteiger partial charge on any atom is -0.508 e. The molecule has 45 nitrogen and oxygen atoms in total. The van der Waals surface area contributed by atoms with Crippen LogP contribution in [0, 0.1) is 0 Å². The van der Waals surface area contributed by atoms with Crippen molar-refractivity contribution in [3.05, 3.63) is 121 Å². The number of phenols is 1. The number of amides is 4. The quantitative estimate of drug-likeness (QED) is 0.00838. The molecule has 0 saturated carbocycles. The van der Waals surface area contributed by atoms with E-state index in [1.165, 1.54) is 60.7 Å². The van der Waals surface area contributed by atoms with E-state index in [1.54, 1.807) is 67.6 Å². The second-order valence-corrected chi connectivity index (χ2v) is 36.6. The van der Waals surface area contributed by atoms with Crippen LogP contribution in [0.3, 0.4) is 0 Å². The minimum atomic E-state index is -1.70. The molecule has 0 aromatic heterocycles. The van der Waals surface area contributed by atoms with Crippen LogP contribution in [0.25, 0.3) is 0 Å². The summed E-state index contributed by atoms with van der Waals surface area (Å²) in [6.07, 6.45) is -26.3. The Morgan fingerprint density at radius 1 is 0.303 bits per heavy atom. The fourth-order valence-corrected chi connectivity index (χ4v) is 16.3. The van der Waals surface area contributed by atoms with Crippen molar-refractivity contribution >= 4 is 162 Å².